The average Bonchev–Trinajstić information content (AvgIpc) is 2.71. The van der Waals surface area contributed by atoms with Gasteiger partial charge in [-0.2, -0.15) is 0 Å². The molecule has 2 aliphatic rings. The molecule has 0 bridgehead atoms. The number of hydrogen-bond acceptors (Lipinski definition) is 8. The van der Waals surface area contributed by atoms with Gasteiger partial charge >= 0.3 is 17.9 Å². The molecular weight excluding hydrogens is 414 g/mol. The van der Waals surface area contributed by atoms with E-state index in [0.717, 1.165) is 35.2 Å². The summed E-state index contributed by atoms with van der Waals surface area (Å²) in [7, 11) is 1.55. The highest BCUT2D eigenvalue weighted by atomic mass is 16.6. The van der Waals surface area contributed by atoms with Gasteiger partial charge < -0.3 is 18.9 Å². The van der Waals surface area contributed by atoms with Gasteiger partial charge in [-0.05, 0) is 59.4 Å². The summed E-state index contributed by atoms with van der Waals surface area (Å²) in [6.45, 7) is 5.48. The molecule has 2 aromatic carbocycles. The Bertz CT molecular complexity index is 1110. The fourth-order valence-corrected chi connectivity index (χ4v) is 4.46. The maximum Gasteiger partial charge on any atom is 0.308 e. The van der Waals surface area contributed by atoms with Crippen molar-refractivity contribution in [1.29, 1.82) is 0 Å². The van der Waals surface area contributed by atoms with Gasteiger partial charge in [0.1, 0.15) is 0 Å². The van der Waals surface area contributed by atoms with Gasteiger partial charge in [0, 0.05) is 39.9 Å². The maximum atomic E-state index is 11.6. The number of rotatable bonds is 4. The van der Waals surface area contributed by atoms with Gasteiger partial charge in [-0.15, -0.1) is 0 Å². The van der Waals surface area contributed by atoms with Crippen LogP contribution < -0.4 is 18.9 Å². The van der Waals surface area contributed by atoms with Crippen molar-refractivity contribution in [2.24, 2.45) is 0 Å². The lowest BCUT2D eigenvalue weighted by Crippen LogP contribution is -2.39. The van der Waals surface area contributed by atoms with E-state index in [1.807, 2.05) is 12.1 Å². The Morgan fingerprint density at radius 3 is 1.88 bits per heavy atom. The van der Waals surface area contributed by atoms with Crippen LogP contribution in [-0.2, 0) is 33.8 Å². The Kier molecular flexibility index (Phi) is 5.88. The molecule has 0 aliphatic carbocycles. The maximum absolute atomic E-state index is 11.6. The Hall–Kier alpha value is -3.39. The Morgan fingerprint density at radius 1 is 0.781 bits per heavy atom. The van der Waals surface area contributed by atoms with Crippen LogP contribution in [0.3, 0.4) is 0 Å². The highest BCUT2D eigenvalue weighted by molar-refractivity contribution is 5.74. The number of hydrogen-bond donors (Lipinski definition) is 0. The van der Waals surface area contributed by atoms with Crippen LogP contribution in [0.15, 0.2) is 24.3 Å². The van der Waals surface area contributed by atoms with E-state index in [4.69, 9.17) is 18.9 Å². The molecule has 1 atom stereocenters. The van der Waals surface area contributed by atoms with Gasteiger partial charge in [0.05, 0.1) is 7.11 Å². The minimum atomic E-state index is -0.489. The largest absolute Gasteiger partial charge is 0.493 e. The van der Waals surface area contributed by atoms with E-state index in [0.29, 0.717) is 24.5 Å². The van der Waals surface area contributed by atoms with Crippen molar-refractivity contribution >= 4 is 17.9 Å². The number of nitrogens with zero attached hydrogens (tertiary/aromatic N) is 1. The fourth-order valence-electron chi connectivity index (χ4n) is 4.46. The van der Waals surface area contributed by atoms with E-state index >= 15 is 0 Å². The zero-order valence-corrected chi connectivity index (χ0v) is 18.5. The summed E-state index contributed by atoms with van der Waals surface area (Å²) in [6.07, 6.45) is 1.50. The number of esters is 3. The third kappa shape index (κ3) is 4.31. The molecule has 4 rings (SSSR count). The van der Waals surface area contributed by atoms with E-state index in [1.165, 1.54) is 20.8 Å². The molecule has 0 saturated heterocycles. The standard InChI is InChI=1S/C24H25NO7/c1-13(26)30-22-9-17-7-20-19-11-24(32-15(3)28)21(29-4)8-16(19)5-6-25(20)12-18(17)10-23(22)31-14(2)27/h8-11,20H,5-7,12H2,1-4H3/t20-/m0/s1. The molecule has 0 radical (unpaired) electrons. The van der Waals surface area contributed by atoms with Crippen LogP contribution in [0.5, 0.6) is 23.0 Å². The lowest BCUT2D eigenvalue weighted by molar-refractivity contribution is -0.134. The Labute approximate surface area is 186 Å². The van der Waals surface area contributed by atoms with Crippen molar-refractivity contribution in [3.63, 3.8) is 0 Å². The number of carbonyl (C=O) groups is 3. The highest BCUT2D eigenvalue weighted by Gasteiger charge is 2.34. The first-order valence-electron chi connectivity index (χ1n) is 10.4. The molecule has 0 fully saturated rings. The quantitative estimate of drug-likeness (QED) is 0.530. The third-order valence-electron chi connectivity index (χ3n) is 5.71. The van der Waals surface area contributed by atoms with Crippen LogP contribution in [0.25, 0.3) is 0 Å². The predicted molar refractivity (Wildman–Crippen MR) is 114 cm³/mol. The van der Waals surface area contributed by atoms with E-state index in [2.05, 4.69) is 4.90 Å². The summed E-state index contributed by atoms with van der Waals surface area (Å²) < 4.78 is 21.4. The van der Waals surface area contributed by atoms with Crippen molar-refractivity contribution in [1.82, 2.24) is 4.90 Å². The first kappa shape index (κ1) is 21.8. The summed E-state index contributed by atoms with van der Waals surface area (Å²) in [4.78, 5) is 37.0. The van der Waals surface area contributed by atoms with Crippen LogP contribution >= 0.6 is 0 Å². The number of methoxy groups -OCH3 is 1. The van der Waals surface area contributed by atoms with E-state index in [-0.39, 0.29) is 17.5 Å². The van der Waals surface area contributed by atoms with E-state index in [9.17, 15) is 14.4 Å². The van der Waals surface area contributed by atoms with Crippen LogP contribution in [0.4, 0.5) is 0 Å². The monoisotopic (exact) mass is 439 g/mol. The second-order valence-corrected chi connectivity index (χ2v) is 7.99. The molecule has 0 N–H and O–H groups in total. The summed E-state index contributed by atoms with van der Waals surface area (Å²) in [5.74, 6) is 0.0242. The summed E-state index contributed by atoms with van der Waals surface area (Å²) in [5, 5.41) is 0. The first-order valence-corrected chi connectivity index (χ1v) is 10.4. The molecule has 0 unspecified atom stereocenters. The van der Waals surface area contributed by atoms with Crippen molar-refractivity contribution in [3.8, 4) is 23.0 Å². The summed E-state index contributed by atoms with van der Waals surface area (Å²) in [6, 6.07) is 7.44. The third-order valence-corrected chi connectivity index (χ3v) is 5.71. The normalized spacial score (nSPS) is 16.8. The Balaban J connectivity index is 1.73. The van der Waals surface area contributed by atoms with Gasteiger partial charge in [-0.25, -0.2) is 0 Å². The van der Waals surface area contributed by atoms with Gasteiger partial charge in [0.15, 0.2) is 23.0 Å². The van der Waals surface area contributed by atoms with Gasteiger partial charge in [-0.1, -0.05) is 0 Å². The second-order valence-electron chi connectivity index (χ2n) is 7.99. The van der Waals surface area contributed by atoms with Crippen molar-refractivity contribution in [2.75, 3.05) is 13.7 Å². The molecule has 2 aromatic rings. The molecule has 0 saturated carbocycles. The van der Waals surface area contributed by atoms with Crippen molar-refractivity contribution in [3.05, 3.63) is 46.5 Å². The molecule has 2 heterocycles. The van der Waals surface area contributed by atoms with Crippen LogP contribution in [0.2, 0.25) is 0 Å². The molecule has 0 aromatic heterocycles. The summed E-state index contributed by atoms with van der Waals surface area (Å²) >= 11 is 0. The van der Waals surface area contributed by atoms with Crippen LogP contribution in [0, 0.1) is 0 Å². The molecule has 32 heavy (non-hydrogen) atoms. The SMILES string of the molecule is COc1cc2c(cc1OC(C)=O)[C@@H]1Cc3cc(OC(C)=O)c(OC(C)=O)cc3CN1CC2. The van der Waals surface area contributed by atoms with Crippen LogP contribution in [-0.4, -0.2) is 36.5 Å². The zero-order chi connectivity index (χ0) is 23.0. The molecule has 168 valence electrons. The lowest BCUT2D eigenvalue weighted by Gasteiger charge is -2.41. The molecule has 8 heteroatoms. The molecule has 2 aliphatic heterocycles. The average molecular weight is 439 g/mol. The highest BCUT2D eigenvalue weighted by Crippen LogP contribution is 2.44. The first-order chi connectivity index (χ1) is 15.2. The predicted octanol–water partition coefficient (Wildman–Crippen LogP) is 3.13. The fraction of sp³-hybridized carbons (Fsp3) is 0.375. The van der Waals surface area contributed by atoms with Crippen LogP contribution in [0.1, 0.15) is 49.1 Å². The van der Waals surface area contributed by atoms with E-state index < -0.39 is 17.9 Å². The minimum absolute atomic E-state index is 0.0659. The number of ether oxygens (including phenoxy) is 4. The van der Waals surface area contributed by atoms with Crippen molar-refractivity contribution < 1.29 is 33.3 Å². The summed E-state index contributed by atoms with van der Waals surface area (Å²) in [5.41, 5.74) is 4.26. The van der Waals surface area contributed by atoms with Gasteiger partial charge in [0.25, 0.3) is 0 Å². The second kappa shape index (κ2) is 8.63. The topological polar surface area (TPSA) is 91.4 Å². The molecule has 8 nitrogen and oxygen atoms in total. The van der Waals surface area contributed by atoms with E-state index in [1.54, 1.807) is 19.2 Å². The lowest BCUT2D eigenvalue weighted by atomic mass is 9.83. The number of fused-ring (bicyclic) bond motifs is 4. The molecular formula is C24H25NO7. The van der Waals surface area contributed by atoms with Gasteiger partial charge in [-0.3, -0.25) is 19.3 Å². The number of carbonyl (C=O) groups excluding carboxylic acids is 3. The smallest absolute Gasteiger partial charge is 0.308 e. The number of benzene rings is 2. The van der Waals surface area contributed by atoms with Crippen molar-refractivity contribution in [2.45, 2.75) is 46.2 Å². The molecule has 0 spiro atoms. The minimum Gasteiger partial charge on any atom is -0.493 e. The zero-order valence-electron chi connectivity index (χ0n) is 18.5. The van der Waals surface area contributed by atoms with Gasteiger partial charge in [0.2, 0.25) is 0 Å². The Morgan fingerprint density at radius 2 is 1.31 bits per heavy atom. The molecule has 0 amide bonds.